The van der Waals surface area contributed by atoms with Crippen molar-refractivity contribution in [3.05, 3.63) is 183 Å². The van der Waals surface area contributed by atoms with Crippen LogP contribution in [0, 0.1) is 20.8 Å². The highest BCUT2D eigenvalue weighted by atomic mass is 127. The lowest BCUT2D eigenvalue weighted by atomic mass is 9.98. The van der Waals surface area contributed by atoms with Gasteiger partial charge in [-0.25, -0.2) is 9.78 Å². The summed E-state index contributed by atoms with van der Waals surface area (Å²) < 4.78 is 0.569. The van der Waals surface area contributed by atoms with Crippen LogP contribution in [0.15, 0.2) is 140 Å². The molecule has 139 heavy (non-hydrogen) atoms. The van der Waals surface area contributed by atoms with E-state index in [1.54, 1.807) is 101 Å². The number of guanidine groups is 1. The number of carboxylic acid groups (broad SMARTS) is 1. The van der Waals surface area contributed by atoms with E-state index in [0.717, 1.165) is 16.5 Å². The van der Waals surface area contributed by atoms with Crippen LogP contribution in [0.4, 0.5) is 0 Å². The average molecular weight is 2030 g/mol. The van der Waals surface area contributed by atoms with E-state index in [1.807, 2.05) is 53.8 Å². The molecule has 24 N–H and O–H groups in total. The van der Waals surface area contributed by atoms with Crippen LogP contribution in [-0.2, 0) is 109 Å². The summed E-state index contributed by atoms with van der Waals surface area (Å²) in [5.41, 5.74) is 20.9. The molecule has 2 aliphatic rings. The second-order valence-corrected chi connectivity index (χ2v) is 36.8. The van der Waals surface area contributed by atoms with Gasteiger partial charge in [0.15, 0.2) is 11.7 Å². The van der Waals surface area contributed by atoms with Crippen LogP contribution >= 0.6 is 22.6 Å². The Labute approximate surface area is 817 Å². The van der Waals surface area contributed by atoms with Gasteiger partial charge in [-0.3, -0.25) is 82.1 Å². The van der Waals surface area contributed by atoms with Crippen LogP contribution in [0.2, 0.25) is 0 Å². The van der Waals surface area contributed by atoms with E-state index in [0.29, 0.717) is 50.8 Å². The fraction of sp³-hybridized carbons (Fsp3) is 0.454. The molecule has 2 fully saturated rings. The number of phenols is 2. The zero-order chi connectivity index (χ0) is 101. The summed E-state index contributed by atoms with van der Waals surface area (Å²) in [6, 6.07) is 15.5. The summed E-state index contributed by atoms with van der Waals surface area (Å²) in [6.45, 7) is 7.99. The maximum atomic E-state index is 15.4. The third kappa shape index (κ3) is 33.8. The van der Waals surface area contributed by atoms with Crippen molar-refractivity contribution < 1.29 is 96.8 Å². The van der Waals surface area contributed by atoms with Crippen LogP contribution in [0.1, 0.15) is 181 Å². The van der Waals surface area contributed by atoms with Gasteiger partial charge in [-0.15, -0.1) is 0 Å². The van der Waals surface area contributed by atoms with Crippen LogP contribution in [0.25, 0.3) is 10.9 Å². The number of aromatic amines is 2. The Hall–Kier alpha value is -14.4. The van der Waals surface area contributed by atoms with E-state index in [1.165, 1.54) is 52.7 Å². The topological polar surface area (TPSA) is 648 Å². The van der Waals surface area contributed by atoms with Crippen molar-refractivity contribution in [3.63, 3.8) is 0 Å². The molecule has 746 valence electrons. The zero-order valence-electron chi connectivity index (χ0n) is 78.3. The number of ketones is 1. The molecule has 7 aromatic rings. The van der Waals surface area contributed by atoms with Gasteiger partial charge >= 0.3 is 5.97 Å². The fourth-order valence-corrected chi connectivity index (χ4v) is 17.1. The molecule has 0 saturated carbocycles. The van der Waals surface area contributed by atoms with Gasteiger partial charge in [0, 0.05) is 105 Å². The Morgan fingerprint density at radius 2 is 0.964 bits per heavy atom. The highest BCUT2D eigenvalue weighted by Gasteiger charge is 2.43. The number of para-hydroxylation sites is 1. The van der Waals surface area contributed by atoms with Crippen molar-refractivity contribution in [2.24, 2.45) is 29.0 Å². The molecule has 0 spiro atoms. The van der Waals surface area contributed by atoms with Crippen LogP contribution in [0.5, 0.6) is 11.5 Å². The number of aliphatic carboxylic acids is 1. The summed E-state index contributed by atoms with van der Waals surface area (Å²) in [5.74, 6) is -15.5. The average Bonchev–Trinajstić information content (AvgIpc) is 1.70. The summed E-state index contributed by atoms with van der Waals surface area (Å²) >= 11 is 1.98. The van der Waals surface area contributed by atoms with Crippen molar-refractivity contribution in [3.8, 4) is 11.5 Å². The van der Waals surface area contributed by atoms with E-state index < -0.39 is 199 Å². The molecule has 0 unspecified atom stereocenters. The lowest BCUT2D eigenvalue weighted by Gasteiger charge is -2.31. The number of halogens is 1. The maximum absolute atomic E-state index is 15.4. The van der Waals surface area contributed by atoms with Gasteiger partial charge in [-0.2, -0.15) is 0 Å². The molecule has 0 aliphatic carbocycles. The number of nitrogens with two attached hydrogens (primary N) is 3. The van der Waals surface area contributed by atoms with Gasteiger partial charge in [0.25, 0.3) is 0 Å². The van der Waals surface area contributed by atoms with Crippen molar-refractivity contribution in [1.82, 2.24) is 88.6 Å². The largest absolute Gasteiger partial charge is 0.508 e. The number of primary amides is 2. The van der Waals surface area contributed by atoms with E-state index in [2.05, 4.69) is 78.8 Å². The number of aromatic hydroxyl groups is 2. The number of hydrogen-bond donors (Lipinski definition) is 21. The van der Waals surface area contributed by atoms with Crippen molar-refractivity contribution in [2.75, 3.05) is 26.2 Å². The highest BCUT2D eigenvalue weighted by Crippen LogP contribution is 2.27. The first kappa shape index (κ1) is 108. The van der Waals surface area contributed by atoms with Gasteiger partial charge in [-0.1, -0.05) is 138 Å². The van der Waals surface area contributed by atoms with Gasteiger partial charge < -0.3 is 116 Å². The highest BCUT2D eigenvalue weighted by molar-refractivity contribution is 14.1. The number of imidazole rings is 1. The molecule has 2 aliphatic heterocycles. The van der Waals surface area contributed by atoms with E-state index >= 15 is 28.8 Å². The monoisotopic (exact) mass is 2030 g/mol. The lowest BCUT2D eigenvalue weighted by Crippen LogP contribution is -2.61. The number of carbonyl (C=O) groups excluding carboxylic acids is 16. The van der Waals surface area contributed by atoms with Crippen LogP contribution in [-0.4, -0.2) is 245 Å². The summed E-state index contributed by atoms with van der Waals surface area (Å²) in [6.07, 6.45) is 3.70. The fourth-order valence-electron chi connectivity index (χ4n) is 16.5. The van der Waals surface area contributed by atoms with Crippen molar-refractivity contribution >= 4 is 140 Å². The first-order chi connectivity index (χ1) is 66.3. The number of fused-ring (bicyclic) bond motifs is 1. The van der Waals surface area contributed by atoms with Crippen molar-refractivity contribution in [1.29, 1.82) is 5.41 Å². The second kappa shape index (κ2) is 53.4. The van der Waals surface area contributed by atoms with E-state index in [9.17, 15) is 68.1 Å². The number of nitrogens with one attached hydrogen (secondary N) is 15. The van der Waals surface area contributed by atoms with Crippen LogP contribution in [0.3, 0.4) is 0 Å². The predicted octanol–water partition coefficient (Wildman–Crippen LogP) is 2.15. The number of unbranched alkanes of at least 4 members (excludes halogenated alkanes) is 1. The SMILES string of the molecule is CCCC[C@H](NC(=O)[C@@H]1CCCN1C(=O)[C@H](CCC(N)=O)NC(=O)CNC(=O)[C@@H]1CCCN1C(=O)[C@H](CCCNC(=N)N)NC(=O)[C@H](CC(C)C)NC(=O)[C@H](CCC(N)=O)NC(=O)[C@H](CC(C)C)NC(=O)[C@@H](Cc1ccc(C(=O)c2ccccc2)cc1)NC(=O)[C@H](Cc1cnc[nH]1)NC(=O)[C@H](Cc1c[nH]c2ccccc12)NC(=O)CCc1ccc(O)c(I)c1)C(=O)N[C@@H](Cc1ccc(O)cc1)C(=O)O. The zero-order valence-corrected chi connectivity index (χ0v) is 80.4. The van der Waals surface area contributed by atoms with Gasteiger partial charge in [0.05, 0.1) is 16.4 Å². The minimum absolute atomic E-state index is 0.00209. The number of rotatable bonds is 54. The molecule has 2 aromatic heterocycles. The molecule has 41 nitrogen and oxygen atoms in total. The minimum Gasteiger partial charge on any atom is -0.508 e. The van der Waals surface area contributed by atoms with Gasteiger partial charge in [0.1, 0.15) is 84.0 Å². The molecule has 12 atom stereocenters. The lowest BCUT2D eigenvalue weighted by molar-refractivity contribution is -0.144. The first-order valence-corrected chi connectivity index (χ1v) is 47.6. The van der Waals surface area contributed by atoms with Crippen molar-refractivity contribution in [2.45, 2.75) is 242 Å². The maximum Gasteiger partial charge on any atom is 0.326 e. The third-order valence-electron chi connectivity index (χ3n) is 23.8. The Bertz CT molecular complexity index is 5490. The Kier molecular flexibility index (Phi) is 41.6. The molecule has 0 radical (unpaired) electrons. The number of H-pyrrole nitrogens is 2. The molecule has 42 heteroatoms. The number of aryl methyl sites for hydroxylation is 1. The van der Waals surface area contributed by atoms with E-state index in [4.69, 9.17) is 22.6 Å². The summed E-state index contributed by atoms with van der Waals surface area (Å²) in [7, 11) is 0. The Morgan fingerprint density at radius 1 is 0.489 bits per heavy atom. The van der Waals surface area contributed by atoms with Gasteiger partial charge in [-0.05, 0) is 164 Å². The first-order valence-electron chi connectivity index (χ1n) is 46.6. The second-order valence-electron chi connectivity index (χ2n) is 35.7. The minimum atomic E-state index is -1.68. The number of carboxylic acids is 1. The number of nitrogens with zero attached hydrogens (tertiary/aromatic N) is 3. The number of likely N-dealkylation sites (tertiary alicyclic amines) is 2. The normalized spacial score (nSPS) is 15.6. The summed E-state index contributed by atoms with van der Waals surface area (Å²) in [5, 5.41) is 70.8. The number of amides is 15. The van der Waals surface area contributed by atoms with Crippen LogP contribution < -0.4 is 81.0 Å². The van der Waals surface area contributed by atoms with Gasteiger partial charge in [0.2, 0.25) is 88.6 Å². The quantitative estimate of drug-likeness (QED) is 0.00854. The number of aromatic nitrogens is 3. The number of hydrogen-bond acceptors (Lipinski definition) is 21. The molecule has 15 amide bonds. The summed E-state index contributed by atoms with van der Waals surface area (Å²) in [4.78, 5) is 254. The number of benzene rings is 5. The smallest absolute Gasteiger partial charge is 0.326 e. The molecule has 9 rings (SSSR count). The van der Waals surface area contributed by atoms with E-state index in [-0.39, 0.29) is 151 Å². The predicted molar refractivity (Wildman–Crippen MR) is 519 cm³/mol. The molecular weight excluding hydrogens is 1910 g/mol. The Morgan fingerprint density at radius 3 is 1.53 bits per heavy atom. The molecule has 2 saturated heterocycles. The standard InChI is InChI=1S/C97H126IN21O20/c1-6-7-19-67(85(127)117-76(96(138)139)47-58-26-32-63(120)33-27-58)111-93(135)78-23-15-42-119(78)95(137)70(35-38-81(100)123)108-83(125)52-106-92(134)77-22-14-41-118(77)94(136)69(21-13-40-104-97(101)102)112-88(130)72(44-55(4)5)113-86(128)68(34-37-80(99)122)110-87(129)71(43-54(2)3)114-89(131)73(46-57-24-30-60(31-25-57)84(126)59-16-9-8-10-17-59)115-91(133)75(49-62-51-103-53-107-62)116-90(132)74(48-61-50-105-66-20-12-11-18-64(61)66)109-82(124)39-29-56-28-36-79(121)65(98)45-56/h8-12,16-18,20,24-28,30-33,36,45,50-51,53-55,67-78,105,120-121H,6-7,13-15,19,21-23,29,34-35,37-44,46-49,52H2,1-5H3,(H2,99,122)(H2,100,123)(H,103,107)(H,106,134)(H,108,125)(H,109,124)(H,110,129)(H,111,135)(H,112,130)(H,113,128)(H,114,131)(H,115,133)(H,116,132)(H,117,127)(H,138,139)(H4,101,102,104)/t67-,68-,69-,70-,71-,72-,73+,74-,75-,76-,77-,78-/m0/s1. The number of phenolic OH excluding ortho intramolecular Hbond substituents is 2. The molecular formula is C97H126IN21O20. The Balaban J connectivity index is 0.899. The molecule has 5 aromatic carbocycles. The molecule has 0 bridgehead atoms. The molecule has 4 heterocycles. The number of carbonyl (C=O) groups is 17. The third-order valence-corrected chi connectivity index (χ3v) is 24.7.